The molecule has 0 saturated heterocycles. The first-order valence-corrected chi connectivity index (χ1v) is 6.69. The van der Waals surface area contributed by atoms with E-state index in [0.717, 1.165) is 0 Å². The molecular formula is C13H6Cl2F2N2S. The van der Waals surface area contributed by atoms with Crippen LogP contribution in [0, 0.1) is 16.4 Å². The van der Waals surface area contributed by atoms with Gasteiger partial charge in [0.1, 0.15) is 11.3 Å². The van der Waals surface area contributed by atoms with Crippen molar-refractivity contribution in [1.82, 2.24) is 9.55 Å². The number of halogens is 4. The van der Waals surface area contributed by atoms with Crippen molar-refractivity contribution in [1.29, 1.82) is 0 Å². The van der Waals surface area contributed by atoms with E-state index in [-0.39, 0.29) is 20.3 Å². The maximum absolute atomic E-state index is 13.7. The summed E-state index contributed by atoms with van der Waals surface area (Å²) in [5.74, 6) is -1.12. The third-order valence-electron chi connectivity index (χ3n) is 2.89. The Labute approximate surface area is 127 Å². The molecule has 0 bridgehead atoms. The van der Waals surface area contributed by atoms with Crippen molar-refractivity contribution in [2.75, 3.05) is 0 Å². The van der Waals surface area contributed by atoms with Crippen molar-refractivity contribution >= 4 is 46.5 Å². The van der Waals surface area contributed by atoms with Gasteiger partial charge in [-0.25, -0.2) is 8.78 Å². The number of para-hydroxylation sites is 1. The topological polar surface area (TPSA) is 20.7 Å². The van der Waals surface area contributed by atoms with Gasteiger partial charge in [0.25, 0.3) is 0 Å². The van der Waals surface area contributed by atoms with Gasteiger partial charge in [0.2, 0.25) is 0 Å². The van der Waals surface area contributed by atoms with Crippen LogP contribution in [0.1, 0.15) is 0 Å². The third-order valence-corrected chi connectivity index (χ3v) is 3.73. The average Bonchev–Trinajstić information content (AvgIpc) is 2.73. The minimum Gasteiger partial charge on any atom is -0.328 e. The Hall–Kier alpha value is -1.43. The van der Waals surface area contributed by atoms with Gasteiger partial charge >= 0.3 is 0 Å². The summed E-state index contributed by atoms with van der Waals surface area (Å²) in [5.41, 5.74) is 1.26. The van der Waals surface area contributed by atoms with Crippen molar-refractivity contribution in [3.8, 4) is 5.69 Å². The molecule has 0 amide bonds. The molecule has 2 aromatic carbocycles. The van der Waals surface area contributed by atoms with Crippen LogP contribution in [-0.2, 0) is 0 Å². The Morgan fingerprint density at radius 1 is 1.10 bits per heavy atom. The maximum atomic E-state index is 13.7. The molecular weight excluding hydrogens is 325 g/mol. The summed E-state index contributed by atoms with van der Waals surface area (Å²) >= 11 is 16.7. The number of rotatable bonds is 1. The number of benzene rings is 2. The average molecular weight is 331 g/mol. The van der Waals surface area contributed by atoms with Crippen molar-refractivity contribution in [3.63, 3.8) is 0 Å². The number of aromatic amines is 1. The maximum Gasteiger partial charge on any atom is 0.182 e. The molecule has 2 nitrogen and oxygen atoms in total. The first kappa shape index (κ1) is 13.5. The summed E-state index contributed by atoms with van der Waals surface area (Å²) in [6.45, 7) is 0. The van der Waals surface area contributed by atoms with E-state index in [1.54, 1.807) is 16.7 Å². The van der Waals surface area contributed by atoms with Crippen LogP contribution in [0.3, 0.4) is 0 Å². The van der Waals surface area contributed by atoms with Crippen LogP contribution in [0.2, 0.25) is 10.0 Å². The molecule has 102 valence electrons. The molecule has 0 saturated carbocycles. The number of hydrogen-bond donors (Lipinski definition) is 1. The van der Waals surface area contributed by atoms with Crippen molar-refractivity contribution < 1.29 is 8.78 Å². The summed E-state index contributed by atoms with van der Waals surface area (Å²) < 4.78 is 29.0. The molecule has 0 spiro atoms. The van der Waals surface area contributed by atoms with Crippen molar-refractivity contribution in [2.24, 2.45) is 0 Å². The van der Waals surface area contributed by atoms with Crippen LogP contribution in [0.4, 0.5) is 8.78 Å². The first-order chi connectivity index (χ1) is 9.49. The van der Waals surface area contributed by atoms with E-state index in [2.05, 4.69) is 4.98 Å². The molecule has 1 heterocycles. The molecule has 0 fully saturated rings. The number of imidazole rings is 1. The monoisotopic (exact) mass is 330 g/mol. The van der Waals surface area contributed by atoms with Gasteiger partial charge in [-0.15, -0.1) is 0 Å². The lowest BCUT2D eigenvalue weighted by Crippen LogP contribution is -1.95. The quantitative estimate of drug-likeness (QED) is 0.476. The molecule has 0 unspecified atom stereocenters. The highest BCUT2D eigenvalue weighted by Gasteiger charge is 2.13. The van der Waals surface area contributed by atoms with Crippen LogP contribution in [0.15, 0.2) is 30.3 Å². The minimum absolute atomic E-state index is 0.125. The van der Waals surface area contributed by atoms with E-state index in [4.69, 9.17) is 35.4 Å². The van der Waals surface area contributed by atoms with Crippen molar-refractivity contribution in [3.05, 3.63) is 56.8 Å². The summed E-state index contributed by atoms with van der Waals surface area (Å²) in [6.07, 6.45) is 0. The van der Waals surface area contributed by atoms with Crippen LogP contribution in [0.5, 0.6) is 0 Å². The number of nitrogens with zero attached hydrogens (tertiary/aromatic N) is 1. The molecule has 7 heteroatoms. The predicted octanol–water partition coefficient (Wildman–Crippen LogP) is 5.27. The zero-order valence-electron chi connectivity index (χ0n) is 9.75. The minimum atomic E-state index is -0.699. The molecule has 0 aliphatic carbocycles. The van der Waals surface area contributed by atoms with Crippen LogP contribution < -0.4 is 0 Å². The van der Waals surface area contributed by atoms with Crippen LogP contribution in [-0.4, -0.2) is 9.55 Å². The molecule has 3 rings (SSSR count). The molecule has 0 aliphatic heterocycles. The second kappa shape index (κ2) is 4.84. The van der Waals surface area contributed by atoms with E-state index >= 15 is 0 Å². The highest BCUT2D eigenvalue weighted by molar-refractivity contribution is 7.71. The van der Waals surface area contributed by atoms with Gasteiger partial charge in [0.05, 0.1) is 21.2 Å². The highest BCUT2D eigenvalue weighted by Crippen LogP contribution is 2.29. The number of nitrogens with one attached hydrogen (secondary N) is 1. The summed E-state index contributed by atoms with van der Waals surface area (Å²) in [4.78, 5) is 2.77. The Morgan fingerprint density at radius 2 is 1.75 bits per heavy atom. The van der Waals surface area contributed by atoms with Gasteiger partial charge in [0, 0.05) is 0 Å². The summed E-state index contributed by atoms with van der Waals surface area (Å²) in [6, 6.07) is 7.34. The predicted molar refractivity (Wildman–Crippen MR) is 78.4 cm³/mol. The molecule has 3 aromatic rings. The Balaban J connectivity index is 2.38. The van der Waals surface area contributed by atoms with Gasteiger partial charge in [-0.1, -0.05) is 29.3 Å². The lowest BCUT2D eigenvalue weighted by Gasteiger charge is -2.07. The van der Waals surface area contributed by atoms with Gasteiger partial charge in [0.15, 0.2) is 10.6 Å². The van der Waals surface area contributed by atoms with Crippen molar-refractivity contribution in [2.45, 2.75) is 0 Å². The summed E-state index contributed by atoms with van der Waals surface area (Å²) in [5, 5.41) is -0.250. The normalized spacial score (nSPS) is 11.2. The molecule has 0 atom stereocenters. The highest BCUT2D eigenvalue weighted by atomic mass is 35.5. The van der Waals surface area contributed by atoms with Gasteiger partial charge in [-0.2, -0.15) is 0 Å². The largest absolute Gasteiger partial charge is 0.328 e. The fourth-order valence-electron chi connectivity index (χ4n) is 2.02. The van der Waals surface area contributed by atoms with Crippen LogP contribution >= 0.6 is 35.4 Å². The van der Waals surface area contributed by atoms with Gasteiger partial charge in [-0.3, -0.25) is 4.57 Å². The fraction of sp³-hybridized carbons (Fsp3) is 0. The SMILES string of the molecule is Fc1c(Cl)cc(-n2c(=S)[nH]c3c(F)cccc32)cc1Cl. The second-order valence-electron chi connectivity index (χ2n) is 4.12. The molecule has 0 aliphatic rings. The Kier molecular flexibility index (Phi) is 3.28. The molecule has 1 N–H and O–H groups in total. The summed E-state index contributed by atoms with van der Waals surface area (Å²) in [7, 11) is 0. The fourth-order valence-corrected chi connectivity index (χ4v) is 2.80. The van der Waals surface area contributed by atoms with E-state index in [1.165, 1.54) is 18.2 Å². The Bertz CT molecular complexity index is 863. The molecule has 1 aromatic heterocycles. The number of aromatic nitrogens is 2. The van der Waals surface area contributed by atoms with Gasteiger partial charge < -0.3 is 4.98 Å². The standard InChI is InChI=1S/C13H6Cl2F2N2S/c14-7-4-6(5-8(15)11(7)17)19-10-3-1-2-9(16)12(10)18-13(19)20/h1-5H,(H,18,20). The molecule has 0 radical (unpaired) electrons. The van der Waals surface area contributed by atoms with Crippen LogP contribution in [0.25, 0.3) is 16.7 Å². The lowest BCUT2D eigenvalue weighted by atomic mass is 10.2. The number of H-pyrrole nitrogens is 1. The zero-order valence-corrected chi connectivity index (χ0v) is 12.1. The first-order valence-electron chi connectivity index (χ1n) is 5.53. The number of hydrogen-bond acceptors (Lipinski definition) is 1. The smallest absolute Gasteiger partial charge is 0.182 e. The van der Waals surface area contributed by atoms with Gasteiger partial charge in [-0.05, 0) is 36.5 Å². The number of fused-ring (bicyclic) bond motifs is 1. The zero-order chi connectivity index (χ0) is 14.4. The third kappa shape index (κ3) is 2.02. The lowest BCUT2D eigenvalue weighted by molar-refractivity contribution is 0.628. The molecule has 20 heavy (non-hydrogen) atoms. The Morgan fingerprint density at radius 3 is 2.40 bits per heavy atom. The van der Waals surface area contributed by atoms with E-state index < -0.39 is 11.6 Å². The second-order valence-corrected chi connectivity index (χ2v) is 5.32. The van der Waals surface area contributed by atoms with E-state index in [9.17, 15) is 8.78 Å². The van der Waals surface area contributed by atoms with E-state index in [0.29, 0.717) is 11.2 Å². The van der Waals surface area contributed by atoms with E-state index in [1.807, 2.05) is 0 Å².